The standard InChI is InChI=1S/C25H30N6/c1-17(27)25-22-6-5-20(19-8-12-29-13-9-19)16-23(22)24(10-14-31(25)28)30-21-4-2-3-18(15-21)7-11-26/h2-6,8,15-16,24,29-30H,7,9-10,12-14,27-28H2,1H3/b25-17-. The molecule has 2 aliphatic heterocycles. The Bertz CT molecular complexity index is 1060. The van der Waals surface area contributed by atoms with Crippen molar-refractivity contribution in [3.8, 4) is 6.07 Å². The minimum atomic E-state index is 0.0810. The number of benzene rings is 2. The Balaban J connectivity index is 1.77. The molecule has 0 saturated carbocycles. The maximum atomic E-state index is 9.05. The highest BCUT2D eigenvalue weighted by molar-refractivity contribution is 5.75. The van der Waals surface area contributed by atoms with Crippen molar-refractivity contribution in [3.63, 3.8) is 0 Å². The third-order valence-electron chi connectivity index (χ3n) is 5.99. The van der Waals surface area contributed by atoms with Crippen molar-refractivity contribution in [1.82, 2.24) is 10.3 Å². The van der Waals surface area contributed by atoms with Gasteiger partial charge >= 0.3 is 0 Å². The van der Waals surface area contributed by atoms with Gasteiger partial charge in [0.25, 0.3) is 0 Å². The van der Waals surface area contributed by atoms with E-state index in [1.54, 1.807) is 5.01 Å². The minimum Gasteiger partial charge on any atom is -0.401 e. The molecule has 0 amide bonds. The lowest BCUT2D eigenvalue weighted by Crippen LogP contribution is -2.31. The zero-order chi connectivity index (χ0) is 21.8. The van der Waals surface area contributed by atoms with E-state index in [0.29, 0.717) is 18.7 Å². The summed E-state index contributed by atoms with van der Waals surface area (Å²) in [6.45, 7) is 4.50. The van der Waals surface area contributed by atoms with E-state index in [9.17, 15) is 0 Å². The maximum absolute atomic E-state index is 9.05. The largest absolute Gasteiger partial charge is 0.401 e. The smallest absolute Gasteiger partial charge is 0.0777 e. The number of hydrogen-bond acceptors (Lipinski definition) is 6. The second-order valence-electron chi connectivity index (χ2n) is 8.23. The molecular formula is C25H30N6. The molecule has 2 aromatic carbocycles. The summed E-state index contributed by atoms with van der Waals surface area (Å²) in [6.07, 6.45) is 4.54. The summed E-state index contributed by atoms with van der Waals surface area (Å²) in [5.41, 5.74) is 14.8. The van der Waals surface area contributed by atoms with Gasteiger partial charge in [-0.15, -0.1) is 0 Å². The van der Waals surface area contributed by atoms with Crippen LogP contribution in [-0.4, -0.2) is 24.6 Å². The number of hydrogen-bond donors (Lipinski definition) is 4. The third kappa shape index (κ3) is 4.58. The van der Waals surface area contributed by atoms with Gasteiger partial charge in [0.15, 0.2) is 0 Å². The quantitative estimate of drug-likeness (QED) is 0.571. The molecule has 160 valence electrons. The van der Waals surface area contributed by atoms with Gasteiger partial charge in [0.05, 0.1) is 24.2 Å². The molecule has 4 rings (SSSR count). The normalized spacial score (nSPS) is 20.2. The van der Waals surface area contributed by atoms with E-state index in [1.807, 2.05) is 19.1 Å². The molecule has 2 aliphatic rings. The Morgan fingerprint density at radius 1 is 1.29 bits per heavy atom. The van der Waals surface area contributed by atoms with Crippen LogP contribution >= 0.6 is 0 Å². The number of rotatable bonds is 4. The van der Waals surface area contributed by atoms with Crippen molar-refractivity contribution >= 4 is 17.0 Å². The van der Waals surface area contributed by atoms with Gasteiger partial charge in [0, 0.05) is 30.0 Å². The fourth-order valence-corrected chi connectivity index (χ4v) is 4.49. The van der Waals surface area contributed by atoms with E-state index >= 15 is 0 Å². The highest BCUT2D eigenvalue weighted by Crippen LogP contribution is 2.37. The van der Waals surface area contributed by atoms with Gasteiger partial charge in [0.2, 0.25) is 0 Å². The first kappa shape index (κ1) is 21.0. The zero-order valence-electron chi connectivity index (χ0n) is 18.0. The highest BCUT2D eigenvalue weighted by Gasteiger charge is 2.26. The number of nitrogens with two attached hydrogens (primary N) is 2. The second-order valence-corrected chi connectivity index (χ2v) is 8.23. The topological polar surface area (TPSA) is 103 Å². The summed E-state index contributed by atoms with van der Waals surface area (Å²) in [5.74, 6) is 6.41. The van der Waals surface area contributed by atoms with E-state index in [-0.39, 0.29) is 6.04 Å². The summed E-state index contributed by atoms with van der Waals surface area (Å²) in [6, 6.07) is 17.0. The molecule has 2 aromatic rings. The molecule has 0 fully saturated rings. The monoisotopic (exact) mass is 414 g/mol. The molecule has 0 aliphatic carbocycles. The Hall–Kier alpha value is -3.27. The summed E-state index contributed by atoms with van der Waals surface area (Å²) in [7, 11) is 0. The lowest BCUT2D eigenvalue weighted by molar-refractivity contribution is 0.402. The molecule has 0 aromatic heterocycles. The molecule has 0 saturated heterocycles. The van der Waals surface area contributed by atoms with Crippen LogP contribution < -0.4 is 22.2 Å². The molecule has 6 N–H and O–H groups in total. The Morgan fingerprint density at radius 2 is 2.16 bits per heavy atom. The lowest BCUT2D eigenvalue weighted by Gasteiger charge is -2.23. The van der Waals surface area contributed by atoms with E-state index in [1.165, 1.54) is 16.7 Å². The van der Waals surface area contributed by atoms with Crippen molar-refractivity contribution in [2.24, 2.45) is 11.6 Å². The van der Waals surface area contributed by atoms with Crippen molar-refractivity contribution in [2.75, 3.05) is 25.0 Å². The number of hydrazine groups is 1. The first-order valence-corrected chi connectivity index (χ1v) is 10.8. The number of allylic oxidation sites excluding steroid dienone is 1. The van der Waals surface area contributed by atoms with Gasteiger partial charge in [-0.25, -0.2) is 5.84 Å². The number of fused-ring (bicyclic) bond motifs is 1. The van der Waals surface area contributed by atoms with Gasteiger partial charge in [0.1, 0.15) is 0 Å². The van der Waals surface area contributed by atoms with Gasteiger partial charge in [-0.05, 0) is 66.8 Å². The zero-order valence-corrected chi connectivity index (χ0v) is 18.0. The Morgan fingerprint density at radius 3 is 2.90 bits per heavy atom. The molecular weight excluding hydrogens is 384 g/mol. The van der Waals surface area contributed by atoms with Crippen LogP contribution in [-0.2, 0) is 6.42 Å². The van der Waals surface area contributed by atoms with Crippen LogP contribution in [0.2, 0.25) is 0 Å². The van der Waals surface area contributed by atoms with Crippen LogP contribution in [0.5, 0.6) is 0 Å². The molecule has 6 heteroatoms. The molecule has 0 radical (unpaired) electrons. The summed E-state index contributed by atoms with van der Waals surface area (Å²) >= 11 is 0. The van der Waals surface area contributed by atoms with Crippen LogP contribution in [0.1, 0.15) is 48.1 Å². The van der Waals surface area contributed by atoms with Crippen molar-refractivity contribution in [3.05, 3.63) is 76.5 Å². The van der Waals surface area contributed by atoms with Gasteiger partial charge in [-0.2, -0.15) is 5.26 Å². The summed E-state index contributed by atoms with van der Waals surface area (Å²) in [5, 5.41) is 17.9. The second kappa shape index (κ2) is 9.25. The molecule has 6 nitrogen and oxygen atoms in total. The Kier molecular flexibility index (Phi) is 6.26. The average Bonchev–Trinajstić information content (AvgIpc) is 2.91. The first-order chi connectivity index (χ1) is 15.1. The highest BCUT2D eigenvalue weighted by atomic mass is 15.4. The van der Waals surface area contributed by atoms with E-state index in [0.717, 1.165) is 48.4 Å². The fourth-order valence-electron chi connectivity index (χ4n) is 4.49. The number of nitriles is 1. The van der Waals surface area contributed by atoms with Gasteiger partial charge in [-0.3, -0.25) is 0 Å². The molecule has 0 spiro atoms. The van der Waals surface area contributed by atoms with Crippen molar-refractivity contribution < 1.29 is 0 Å². The third-order valence-corrected chi connectivity index (χ3v) is 5.99. The molecule has 0 bridgehead atoms. The number of nitrogens with zero attached hydrogens (tertiary/aromatic N) is 2. The lowest BCUT2D eigenvalue weighted by atomic mass is 9.91. The Labute approximate surface area is 184 Å². The summed E-state index contributed by atoms with van der Waals surface area (Å²) < 4.78 is 0. The van der Waals surface area contributed by atoms with E-state index in [4.69, 9.17) is 16.8 Å². The molecule has 1 atom stereocenters. The molecule has 31 heavy (non-hydrogen) atoms. The van der Waals surface area contributed by atoms with Crippen LogP contribution in [0.3, 0.4) is 0 Å². The predicted molar refractivity (Wildman–Crippen MR) is 126 cm³/mol. The number of nitrogens with one attached hydrogen (secondary N) is 2. The van der Waals surface area contributed by atoms with E-state index in [2.05, 4.69) is 53.1 Å². The minimum absolute atomic E-state index is 0.0810. The predicted octanol–water partition coefficient (Wildman–Crippen LogP) is 3.51. The SMILES string of the molecule is C/C(N)=C1\c2ccc(C3=CCNCC3)cc2C(Nc2cccc(CC#N)c2)CCN1N. The van der Waals surface area contributed by atoms with Crippen LogP contribution in [0.15, 0.2) is 54.2 Å². The van der Waals surface area contributed by atoms with Crippen molar-refractivity contribution in [2.45, 2.75) is 32.2 Å². The maximum Gasteiger partial charge on any atom is 0.0777 e. The fraction of sp³-hybridized carbons (Fsp3) is 0.320. The van der Waals surface area contributed by atoms with Crippen LogP contribution in [0.25, 0.3) is 11.3 Å². The first-order valence-electron chi connectivity index (χ1n) is 10.8. The molecule has 2 heterocycles. The van der Waals surface area contributed by atoms with Crippen molar-refractivity contribution in [1.29, 1.82) is 5.26 Å². The number of anilines is 1. The van der Waals surface area contributed by atoms with E-state index < -0.39 is 0 Å². The van der Waals surface area contributed by atoms with Gasteiger partial charge in [-0.1, -0.05) is 30.3 Å². The van der Waals surface area contributed by atoms with Gasteiger partial charge < -0.3 is 21.4 Å². The average molecular weight is 415 g/mol. The van der Waals surface area contributed by atoms with Crippen LogP contribution in [0, 0.1) is 11.3 Å². The molecule has 1 unspecified atom stereocenters. The van der Waals surface area contributed by atoms with Crippen LogP contribution in [0.4, 0.5) is 5.69 Å². The summed E-state index contributed by atoms with van der Waals surface area (Å²) in [4.78, 5) is 0.